The number of hydrogen-bond donors (Lipinski definition) is 2. The third-order valence-electron chi connectivity index (χ3n) is 3.38. The number of anilines is 1. The minimum Gasteiger partial charge on any atom is -0.481 e. The first kappa shape index (κ1) is 14.5. The molecule has 0 bridgehead atoms. The predicted molar refractivity (Wildman–Crippen MR) is 71.3 cm³/mol. The molecule has 1 aromatic rings. The Morgan fingerprint density at radius 1 is 1.60 bits per heavy atom. The van der Waals surface area contributed by atoms with E-state index in [0.717, 1.165) is 19.5 Å². The molecule has 1 atom stereocenters. The van der Waals surface area contributed by atoms with E-state index < -0.39 is 5.97 Å². The fraction of sp³-hybridized carbons (Fsp3) is 0.615. The van der Waals surface area contributed by atoms with Crippen molar-refractivity contribution in [2.24, 2.45) is 5.92 Å². The van der Waals surface area contributed by atoms with Crippen LogP contribution in [-0.2, 0) is 9.59 Å². The van der Waals surface area contributed by atoms with Crippen LogP contribution in [0.3, 0.4) is 0 Å². The third-order valence-corrected chi connectivity index (χ3v) is 3.38. The van der Waals surface area contributed by atoms with E-state index in [0.29, 0.717) is 24.5 Å². The van der Waals surface area contributed by atoms with Crippen molar-refractivity contribution in [3.05, 3.63) is 11.8 Å². The summed E-state index contributed by atoms with van der Waals surface area (Å²) in [4.78, 5) is 24.5. The van der Waals surface area contributed by atoms with Crippen molar-refractivity contribution in [2.45, 2.75) is 26.2 Å². The van der Waals surface area contributed by atoms with Gasteiger partial charge in [0, 0.05) is 32.0 Å². The second kappa shape index (κ2) is 6.51. The van der Waals surface area contributed by atoms with Crippen LogP contribution in [0.25, 0.3) is 0 Å². The molecule has 7 nitrogen and oxygen atoms in total. The first-order valence-corrected chi connectivity index (χ1v) is 6.70. The predicted octanol–water partition coefficient (Wildman–Crippen LogP) is 1.11. The normalized spacial score (nSPS) is 19.1. The zero-order chi connectivity index (χ0) is 14.5. The van der Waals surface area contributed by atoms with Crippen molar-refractivity contribution in [3.63, 3.8) is 0 Å². The average molecular weight is 281 g/mol. The molecule has 1 saturated heterocycles. The monoisotopic (exact) mass is 281 g/mol. The molecule has 0 aromatic carbocycles. The van der Waals surface area contributed by atoms with Gasteiger partial charge in [0.2, 0.25) is 5.91 Å². The van der Waals surface area contributed by atoms with Crippen molar-refractivity contribution in [2.75, 3.05) is 25.0 Å². The maximum absolute atomic E-state index is 11.7. The van der Waals surface area contributed by atoms with Gasteiger partial charge in [-0.15, -0.1) is 0 Å². The van der Waals surface area contributed by atoms with Gasteiger partial charge in [0.15, 0.2) is 5.82 Å². The lowest BCUT2D eigenvalue weighted by molar-refractivity contribution is -0.138. The lowest BCUT2D eigenvalue weighted by atomic mass is 10.1. The van der Waals surface area contributed by atoms with E-state index in [1.807, 2.05) is 0 Å². The molecule has 1 aliphatic rings. The Labute approximate surface area is 116 Å². The van der Waals surface area contributed by atoms with Gasteiger partial charge in [-0.3, -0.25) is 9.59 Å². The van der Waals surface area contributed by atoms with Gasteiger partial charge >= 0.3 is 5.97 Å². The van der Waals surface area contributed by atoms with Crippen LogP contribution < -0.4 is 5.32 Å². The number of likely N-dealkylation sites (tertiary alicyclic amines) is 1. The van der Waals surface area contributed by atoms with Crippen molar-refractivity contribution < 1.29 is 19.2 Å². The summed E-state index contributed by atoms with van der Waals surface area (Å²) >= 11 is 0. The van der Waals surface area contributed by atoms with E-state index in [1.165, 1.54) is 0 Å². The van der Waals surface area contributed by atoms with Gasteiger partial charge < -0.3 is 19.8 Å². The van der Waals surface area contributed by atoms with Crippen molar-refractivity contribution in [1.29, 1.82) is 0 Å². The number of nitrogens with zero attached hydrogens (tertiary/aromatic N) is 2. The van der Waals surface area contributed by atoms with Gasteiger partial charge in [0.1, 0.15) is 5.76 Å². The number of aryl methyl sites for hydroxylation is 1. The molecule has 0 spiro atoms. The molecule has 0 radical (unpaired) electrons. The molecular weight excluding hydrogens is 262 g/mol. The molecule has 2 heterocycles. The zero-order valence-electron chi connectivity index (χ0n) is 11.5. The van der Waals surface area contributed by atoms with Crippen LogP contribution >= 0.6 is 0 Å². The van der Waals surface area contributed by atoms with E-state index >= 15 is 0 Å². The number of aromatic nitrogens is 1. The quantitative estimate of drug-likeness (QED) is 0.811. The van der Waals surface area contributed by atoms with E-state index in [1.54, 1.807) is 13.0 Å². The Morgan fingerprint density at radius 3 is 3.05 bits per heavy atom. The summed E-state index contributed by atoms with van der Waals surface area (Å²) in [5, 5.41) is 15.1. The highest BCUT2D eigenvalue weighted by molar-refractivity contribution is 5.89. The van der Waals surface area contributed by atoms with E-state index in [9.17, 15) is 9.59 Å². The Hall–Kier alpha value is -1.89. The lowest BCUT2D eigenvalue weighted by Gasteiger charge is -2.14. The fourth-order valence-electron chi connectivity index (χ4n) is 2.42. The van der Waals surface area contributed by atoms with Crippen LogP contribution in [0.4, 0.5) is 5.82 Å². The van der Waals surface area contributed by atoms with Gasteiger partial charge in [-0.05, 0) is 25.8 Å². The molecule has 2 rings (SSSR count). The minimum atomic E-state index is -0.754. The van der Waals surface area contributed by atoms with Gasteiger partial charge in [0.25, 0.3) is 0 Å². The summed E-state index contributed by atoms with van der Waals surface area (Å²) in [6, 6.07) is 1.66. The molecule has 20 heavy (non-hydrogen) atoms. The molecule has 0 saturated carbocycles. The van der Waals surface area contributed by atoms with Crippen LogP contribution in [0, 0.1) is 12.8 Å². The SMILES string of the molecule is Cc1cc(NC(=O)CCN2CCC(CC(=O)O)C2)no1. The number of nitrogens with one attached hydrogen (secondary N) is 1. The highest BCUT2D eigenvalue weighted by Gasteiger charge is 2.24. The highest BCUT2D eigenvalue weighted by atomic mass is 16.5. The Bertz CT molecular complexity index is 486. The van der Waals surface area contributed by atoms with Gasteiger partial charge in [-0.25, -0.2) is 0 Å². The molecule has 1 fully saturated rings. The average Bonchev–Trinajstić information content (AvgIpc) is 2.96. The van der Waals surface area contributed by atoms with Crippen LogP contribution in [0.1, 0.15) is 25.0 Å². The maximum Gasteiger partial charge on any atom is 0.303 e. The largest absolute Gasteiger partial charge is 0.481 e. The first-order valence-electron chi connectivity index (χ1n) is 6.70. The molecule has 1 unspecified atom stereocenters. The second-order valence-electron chi connectivity index (χ2n) is 5.17. The molecule has 110 valence electrons. The Kier molecular flexibility index (Phi) is 4.73. The van der Waals surface area contributed by atoms with Gasteiger partial charge in [-0.1, -0.05) is 5.16 Å². The number of aliphatic carboxylic acids is 1. The number of carbonyl (C=O) groups excluding carboxylic acids is 1. The van der Waals surface area contributed by atoms with E-state index in [2.05, 4.69) is 15.4 Å². The highest BCUT2D eigenvalue weighted by Crippen LogP contribution is 2.19. The standard InChI is InChI=1S/C13H19N3O4/c1-9-6-11(15-20-9)14-12(17)3-5-16-4-2-10(8-16)7-13(18)19/h6,10H,2-5,7-8H2,1H3,(H,18,19)(H,14,15,17). The van der Waals surface area contributed by atoms with Crippen molar-refractivity contribution in [1.82, 2.24) is 10.1 Å². The summed E-state index contributed by atoms with van der Waals surface area (Å²) in [6.07, 6.45) is 1.46. The number of carbonyl (C=O) groups is 2. The summed E-state index contributed by atoms with van der Waals surface area (Å²) in [6.45, 7) is 4.01. The zero-order valence-corrected chi connectivity index (χ0v) is 11.5. The number of rotatable bonds is 6. The summed E-state index contributed by atoms with van der Waals surface area (Å²) in [5.74, 6) is 0.416. The smallest absolute Gasteiger partial charge is 0.303 e. The van der Waals surface area contributed by atoms with E-state index in [4.69, 9.17) is 9.63 Å². The number of hydrogen-bond acceptors (Lipinski definition) is 5. The molecule has 1 aromatic heterocycles. The molecular formula is C13H19N3O4. The number of carboxylic acids is 1. The summed E-state index contributed by atoms with van der Waals surface area (Å²) < 4.78 is 4.86. The number of amides is 1. The molecule has 2 N–H and O–H groups in total. The van der Waals surface area contributed by atoms with Crippen molar-refractivity contribution >= 4 is 17.7 Å². The fourth-order valence-corrected chi connectivity index (χ4v) is 2.42. The molecule has 1 amide bonds. The molecule has 0 aliphatic carbocycles. The number of carboxylic acid groups (broad SMARTS) is 1. The third kappa shape index (κ3) is 4.34. The van der Waals surface area contributed by atoms with Crippen LogP contribution in [0.5, 0.6) is 0 Å². The van der Waals surface area contributed by atoms with Crippen LogP contribution in [-0.4, -0.2) is 46.7 Å². The maximum atomic E-state index is 11.7. The van der Waals surface area contributed by atoms with Crippen LogP contribution in [0.2, 0.25) is 0 Å². The van der Waals surface area contributed by atoms with Gasteiger partial charge in [0.05, 0.1) is 0 Å². The summed E-state index contributed by atoms with van der Waals surface area (Å²) in [5.41, 5.74) is 0. The van der Waals surface area contributed by atoms with E-state index in [-0.39, 0.29) is 18.2 Å². The second-order valence-corrected chi connectivity index (χ2v) is 5.17. The van der Waals surface area contributed by atoms with Gasteiger partial charge in [-0.2, -0.15) is 0 Å². The Morgan fingerprint density at radius 2 is 2.40 bits per heavy atom. The molecule has 7 heteroatoms. The molecule has 1 aliphatic heterocycles. The topological polar surface area (TPSA) is 95.7 Å². The van der Waals surface area contributed by atoms with Crippen LogP contribution in [0.15, 0.2) is 10.6 Å². The lowest BCUT2D eigenvalue weighted by Crippen LogP contribution is -2.26. The van der Waals surface area contributed by atoms with Crippen molar-refractivity contribution in [3.8, 4) is 0 Å². The summed E-state index contributed by atoms with van der Waals surface area (Å²) in [7, 11) is 0. The Balaban J connectivity index is 1.68. The first-order chi connectivity index (χ1) is 9.52. The minimum absolute atomic E-state index is 0.111.